The molecule has 4 nitrogen and oxygen atoms in total. The summed E-state index contributed by atoms with van der Waals surface area (Å²) in [6, 6.07) is 7.39. The first-order chi connectivity index (χ1) is 10.5. The average Bonchev–Trinajstić information content (AvgIpc) is 2.47. The summed E-state index contributed by atoms with van der Waals surface area (Å²) in [6.07, 6.45) is 5.24. The lowest BCUT2D eigenvalue weighted by atomic mass is 9.92. The van der Waals surface area contributed by atoms with Gasteiger partial charge in [0, 0.05) is 11.6 Å². The Morgan fingerprint density at radius 3 is 2.27 bits per heavy atom. The van der Waals surface area contributed by atoms with Crippen molar-refractivity contribution in [1.82, 2.24) is 5.32 Å². The minimum absolute atomic E-state index is 0.101. The average molecular weight is 298 g/mol. The third-order valence-electron chi connectivity index (χ3n) is 4.11. The summed E-state index contributed by atoms with van der Waals surface area (Å²) in [5.41, 5.74) is 2.34. The van der Waals surface area contributed by atoms with Gasteiger partial charge in [-0.25, -0.2) is 0 Å². The van der Waals surface area contributed by atoms with E-state index in [1.54, 1.807) is 12.1 Å². The summed E-state index contributed by atoms with van der Waals surface area (Å²) in [5, 5.41) is 12.1. The van der Waals surface area contributed by atoms with Gasteiger partial charge < -0.3 is 5.32 Å². The molecule has 1 aromatic rings. The van der Waals surface area contributed by atoms with Crippen LogP contribution in [0.25, 0.3) is 0 Å². The van der Waals surface area contributed by atoms with Crippen LogP contribution in [0.5, 0.6) is 0 Å². The highest BCUT2D eigenvalue weighted by molar-refractivity contribution is 6.12. The zero-order valence-corrected chi connectivity index (χ0v) is 13.2. The molecule has 1 amide bonds. The molecule has 2 rings (SSSR count). The summed E-state index contributed by atoms with van der Waals surface area (Å²) in [4.78, 5) is 24.8. The number of hydrogen-bond acceptors (Lipinski definition) is 3. The third-order valence-corrected chi connectivity index (χ3v) is 4.11. The molecule has 1 atom stereocenters. The highest BCUT2D eigenvalue weighted by atomic mass is 16.2. The largest absolute Gasteiger partial charge is 0.352 e. The third kappa shape index (κ3) is 3.94. The zero-order valence-electron chi connectivity index (χ0n) is 13.2. The molecule has 4 heteroatoms. The van der Waals surface area contributed by atoms with E-state index in [-0.39, 0.29) is 6.04 Å². The van der Waals surface area contributed by atoms with E-state index in [2.05, 4.69) is 5.32 Å². The van der Waals surface area contributed by atoms with Gasteiger partial charge in [-0.2, -0.15) is 5.26 Å². The number of nitrogens with zero attached hydrogens (tertiary/aromatic N) is 1. The van der Waals surface area contributed by atoms with E-state index < -0.39 is 17.6 Å². The van der Waals surface area contributed by atoms with Crippen molar-refractivity contribution in [2.75, 3.05) is 0 Å². The van der Waals surface area contributed by atoms with Gasteiger partial charge in [0.2, 0.25) is 5.91 Å². The molecule has 116 valence electrons. The van der Waals surface area contributed by atoms with Gasteiger partial charge in [-0.1, -0.05) is 36.5 Å². The monoisotopic (exact) mass is 298 g/mol. The van der Waals surface area contributed by atoms with Crippen LogP contribution in [0.4, 0.5) is 0 Å². The molecule has 1 saturated carbocycles. The van der Waals surface area contributed by atoms with E-state index >= 15 is 0 Å². The molecular formula is C18H22N2O2. The fourth-order valence-corrected chi connectivity index (χ4v) is 3.05. The molecule has 1 aliphatic rings. The minimum Gasteiger partial charge on any atom is -0.352 e. The molecule has 1 N–H and O–H groups in total. The Morgan fingerprint density at radius 2 is 1.73 bits per heavy atom. The molecule has 0 saturated heterocycles. The van der Waals surface area contributed by atoms with Gasteiger partial charge in [-0.3, -0.25) is 9.59 Å². The molecule has 0 aromatic heterocycles. The van der Waals surface area contributed by atoms with Gasteiger partial charge >= 0.3 is 0 Å². The number of aryl methyl sites for hydroxylation is 2. The number of benzene rings is 1. The van der Waals surface area contributed by atoms with Crippen molar-refractivity contribution in [3.63, 3.8) is 0 Å². The predicted octanol–water partition coefficient (Wildman–Crippen LogP) is 3.07. The SMILES string of the molecule is Cc1cc(C)cc(C(=O)C(C#N)C(=O)NC2CCCCC2)c1. The predicted molar refractivity (Wildman–Crippen MR) is 84.4 cm³/mol. The molecule has 1 aliphatic carbocycles. The molecular weight excluding hydrogens is 276 g/mol. The summed E-state index contributed by atoms with van der Waals surface area (Å²) < 4.78 is 0. The Kier molecular flexibility index (Phi) is 5.32. The summed E-state index contributed by atoms with van der Waals surface area (Å²) in [6.45, 7) is 3.79. The van der Waals surface area contributed by atoms with Crippen LogP contribution in [-0.4, -0.2) is 17.7 Å². The van der Waals surface area contributed by atoms with Crippen LogP contribution in [0, 0.1) is 31.1 Å². The zero-order chi connectivity index (χ0) is 16.1. The van der Waals surface area contributed by atoms with E-state index in [1.807, 2.05) is 26.0 Å². The first kappa shape index (κ1) is 16.2. The normalized spacial score (nSPS) is 16.6. The van der Waals surface area contributed by atoms with Crippen LogP contribution in [0.15, 0.2) is 18.2 Å². The fraction of sp³-hybridized carbons (Fsp3) is 0.500. The van der Waals surface area contributed by atoms with E-state index in [4.69, 9.17) is 0 Å². The molecule has 0 heterocycles. The smallest absolute Gasteiger partial charge is 0.245 e. The minimum atomic E-state index is -1.26. The van der Waals surface area contributed by atoms with Crippen molar-refractivity contribution < 1.29 is 9.59 Å². The Bertz CT molecular complexity index is 590. The Hall–Kier alpha value is -2.15. The van der Waals surface area contributed by atoms with Crippen molar-refractivity contribution in [1.29, 1.82) is 5.26 Å². The van der Waals surface area contributed by atoms with Crippen LogP contribution in [0.1, 0.15) is 53.6 Å². The van der Waals surface area contributed by atoms with Crippen LogP contribution >= 0.6 is 0 Å². The second-order valence-electron chi connectivity index (χ2n) is 6.15. The summed E-state index contributed by atoms with van der Waals surface area (Å²) in [7, 11) is 0. The number of ketones is 1. The number of amides is 1. The summed E-state index contributed by atoms with van der Waals surface area (Å²) in [5.74, 6) is -2.13. The van der Waals surface area contributed by atoms with Gasteiger partial charge in [0.05, 0.1) is 6.07 Å². The van der Waals surface area contributed by atoms with Crippen molar-refractivity contribution in [3.05, 3.63) is 34.9 Å². The Labute approximate surface area is 131 Å². The van der Waals surface area contributed by atoms with E-state index in [0.717, 1.165) is 36.8 Å². The highest BCUT2D eigenvalue weighted by Crippen LogP contribution is 2.19. The lowest BCUT2D eigenvalue weighted by molar-refractivity contribution is -0.123. The first-order valence-corrected chi connectivity index (χ1v) is 7.84. The van der Waals surface area contributed by atoms with E-state index in [9.17, 15) is 14.9 Å². The van der Waals surface area contributed by atoms with Crippen LogP contribution in [0.2, 0.25) is 0 Å². The highest BCUT2D eigenvalue weighted by Gasteiger charge is 2.29. The maximum absolute atomic E-state index is 12.5. The fourth-order valence-electron chi connectivity index (χ4n) is 3.05. The lowest BCUT2D eigenvalue weighted by Gasteiger charge is -2.23. The lowest BCUT2D eigenvalue weighted by Crippen LogP contribution is -2.42. The maximum Gasteiger partial charge on any atom is 0.245 e. The van der Waals surface area contributed by atoms with Crippen LogP contribution in [-0.2, 0) is 4.79 Å². The Balaban J connectivity index is 2.11. The molecule has 1 unspecified atom stereocenters. The van der Waals surface area contributed by atoms with Crippen LogP contribution in [0.3, 0.4) is 0 Å². The van der Waals surface area contributed by atoms with Gasteiger partial charge in [0.25, 0.3) is 0 Å². The standard InChI is InChI=1S/C18H22N2O2/c1-12-8-13(2)10-14(9-12)17(21)16(11-19)18(22)20-15-6-4-3-5-7-15/h8-10,15-16H,3-7H2,1-2H3,(H,20,22). The molecule has 1 aromatic carbocycles. The van der Waals surface area contributed by atoms with Gasteiger partial charge in [-0.15, -0.1) is 0 Å². The number of nitrogens with one attached hydrogen (secondary N) is 1. The number of nitriles is 1. The van der Waals surface area contributed by atoms with Gasteiger partial charge in [0.15, 0.2) is 11.7 Å². The molecule has 0 bridgehead atoms. The van der Waals surface area contributed by atoms with Crippen molar-refractivity contribution in [3.8, 4) is 6.07 Å². The number of carbonyl (C=O) groups is 2. The second-order valence-corrected chi connectivity index (χ2v) is 6.15. The second kappa shape index (κ2) is 7.22. The number of Topliss-reactive ketones (excluding diaryl/α,β-unsaturated/α-hetero) is 1. The molecule has 0 spiro atoms. The van der Waals surface area contributed by atoms with E-state index in [1.165, 1.54) is 6.42 Å². The topological polar surface area (TPSA) is 70.0 Å². The number of rotatable bonds is 4. The quantitative estimate of drug-likeness (QED) is 0.686. The first-order valence-electron chi connectivity index (χ1n) is 7.84. The van der Waals surface area contributed by atoms with Gasteiger partial charge in [0.1, 0.15) is 0 Å². The molecule has 0 aliphatic heterocycles. The number of hydrogen-bond donors (Lipinski definition) is 1. The number of carbonyl (C=O) groups excluding carboxylic acids is 2. The maximum atomic E-state index is 12.5. The molecule has 22 heavy (non-hydrogen) atoms. The van der Waals surface area contributed by atoms with Crippen LogP contribution < -0.4 is 5.32 Å². The van der Waals surface area contributed by atoms with Crippen molar-refractivity contribution in [2.24, 2.45) is 5.92 Å². The van der Waals surface area contributed by atoms with Crippen molar-refractivity contribution >= 4 is 11.7 Å². The molecule has 1 fully saturated rings. The van der Waals surface area contributed by atoms with Crippen molar-refractivity contribution in [2.45, 2.75) is 52.0 Å². The van der Waals surface area contributed by atoms with E-state index in [0.29, 0.717) is 5.56 Å². The van der Waals surface area contributed by atoms with Gasteiger partial charge in [-0.05, 0) is 38.8 Å². The Morgan fingerprint density at radius 1 is 1.14 bits per heavy atom. The summed E-state index contributed by atoms with van der Waals surface area (Å²) >= 11 is 0. The molecule has 0 radical (unpaired) electrons.